The first-order valence-corrected chi connectivity index (χ1v) is 6.24. The lowest BCUT2D eigenvalue weighted by Gasteiger charge is -2.34. The fourth-order valence-electron chi connectivity index (χ4n) is 3.21. The van der Waals surface area contributed by atoms with Crippen LogP contribution in [-0.4, -0.2) is 21.8 Å². The second kappa shape index (κ2) is 3.83. The van der Waals surface area contributed by atoms with Crippen LogP contribution in [0.15, 0.2) is 12.1 Å². The number of aromatic hydroxyl groups is 2. The van der Waals surface area contributed by atoms with Gasteiger partial charge in [-0.05, 0) is 25.0 Å². The molecule has 94 valence electrons. The van der Waals surface area contributed by atoms with Crippen molar-refractivity contribution >= 4 is 11.6 Å². The Balaban J connectivity index is 2.22. The highest BCUT2D eigenvalue weighted by Crippen LogP contribution is 2.44. The van der Waals surface area contributed by atoms with Gasteiger partial charge in [-0.2, -0.15) is 0 Å². The van der Waals surface area contributed by atoms with Gasteiger partial charge >= 0.3 is 0 Å². The summed E-state index contributed by atoms with van der Waals surface area (Å²) in [5.41, 5.74) is 0.0336. The molecule has 1 aromatic carbocycles. The molecule has 0 heterocycles. The highest BCUT2D eigenvalue weighted by molar-refractivity contribution is 6.18. The molecule has 1 saturated carbocycles. The van der Waals surface area contributed by atoms with Crippen molar-refractivity contribution in [1.82, 2.24) is 0 Å². The van der Waals surface area contributed by atoms with E-state index in [1.165, 1.54) is 12.1 Å². The van der Waals surface area contributed by atoms with Crippen molar-refractivity contribution in [3.05, 3.63) is 23.3 Å². The van der Waals surface area contributed by atoms with Gasteiger partial charge in [-0.1, -0.05) is 12.8 Å². The summed E-state index contributed by atoms with van der Waals surface area (Å²) in [7, 11) is 0. The zero-order valence-corrected chi connectivity index (χ0v) is 9.85. The predicted molar refractivity (Wildman–Crippen MR) is 63.9 cm³/mol. The molecule has 0 aromatic heterocycles. The van der Waals surface area contributed by atoms with E-state index in [0.29, 0.717) is 12.8 Å². The summed E-state index contributed by atoms with van der Waals surface area (Å²) in [6.07, 6.45) is 3.28. The standard InChI is InChI=1S/C14H14O4/c15-9-5-6-10(16)12-11(9)13(17)7-3-1-2-4-8(7)14(12)18/h5-8,15-16H,1-4H2. The van der Waals surface area contributed by atoms with Crippen LogP contribution in [-0.2, 0) is 0 Å². The summed E-state index contributed by atoms with van der Waals surface area (Å²) in [6, 6.07) is 2.53. The van der Waals surface area contributed by atoms with Crippen molar-refractivity contribution in [3.63, 3.8) is 0 Å². The van der Waals surface area contributed by atoms with Gasteiger partial charge in [0.25, 0.3) is 0 Å². The predicted octanol–water partition coefficient (Wildman–Crippen LogP) is 2.28. The number of phenols is 2. The summed E-state index contributed by atoms with van der Waals surface area (Å²) in [6.45, 7) is 0. The number of rotatable bonds is 0. The van der Waals surface area contributed by atoms with E-state index in [0.717, 1.165) is 12.8 Å². The maximum Gasteiger partial charge on any atom is 0.171 e. The molecular weight excluding hydrogens is 232 g/mol. The summed E-state index contributed by atoms with van der Waals surface area (Å²) >= 11 is 0. The smallest absolute Gasteiger partial charge is 0.171 e. The monoisotopic (exact) mass is 246 g/mol. The molecule has 2 aliphatic rings. The lowest BCUT2D eigenvalue weighted by molar-refractivity contribution is 0.0671. The van der Waals surface area contributed by atoms with E-state index in [4.69, 9.17) is 0 Å². The number of benzene rings is 1. The minimum Gasteiger partial charge on any atom is -0.507 e. The van der Waals surface area contributed by atoms with E-state index < -0.39 is 0 Å². The van der Waals surface area contributed by atoms with Gasteiger partial charge in [0.05, 0.1) is 11.1 Å². The maximum atomic E-state index is 12.3. The summed E-state index contributed by atoms with van der Waals surface area (Å²) in [5, 5.41) is 19.6. The molecule has 1 fully saturated rings. The van der Waals surface area contributed by atoms with Crippen LogP contribution in [0.4, 0.5) is 0 Å². The molecule has 0 saturated heterocycles. The minimum absolute atomic E-state index is 0.0168. The zero-order valence-electron chi connectivity index (χ0n) is 9.85. The van der Waals surface area contributed by atoms with Gasteiger partial charge in [-0.3, -0.25) is 9.59 Å². The lowest BCUT2D eigenvalue weighted by Crippen LogP contribution is -2.38. The lowest BCUT2D eigenvalue weighted by atomic mass is 9.67. The first-order valence-electron chi connectivity index (χ1n) is 6.24. The fourth-order valence-corrected chi connectivity index (χ4v) is 3.21. The van der Waals surface area contributed by atoms with Gasteiger partial charge in [0.2, 0.25) is 0 Å². The van der Waals surface area contributed by atoms with E-state index in [9.17, 15) is 19.8 Å². The Kier molecular flexibility index (Phi) is 2.40. The molecule has 2 aliphatic carbocycles. The third kappa shape index (κ3) is 1.38. The number of carbonyl (C=O) groups is 2. The van der Waals surface area contributed by atoms with Crippen LogP contribution in [0.3, 0.4) is 0 Å². The van der Waals surface area contributed by atoms with E-state index in [2.05, 4.69) is 0 Å². The van der Waals surface area contributed by atoms with Crippen LogP contribution in [0.2, 0.25) is 0 Å². The highest BCUT2D eigenvalue weighted by atomic mass is 16.3. The van der Waals surface area contributed by atoms with Crippen molar-refractivity contribution in [2.75, 3.05) is 0 Å². The molecular formula is C14H14O4. The van der Waals surface area contributed by atoms with Gasteiger partial charge in [0.15, 0.2) is 11.6 Å². The topological polar surface area (TPSA) is 74.6 Å². The number of carbonyl (C=O) groups excluding carboxylic acids is 2. The van der Waals surface area contributed by atoms with Crippen LogP contribution in [0.1, 0.15) is 46.4 Å². The Labute approximate surface area is 104 Å². The molecule has 2 N–H and O–H groups in total. The van der Waals surface area contributed by atoms with Crippen molar-refractivity contribution in [2.24, 2.45) is 11.8 Å². The SMILES string of the molecule is O=C1c2c(O)ccc(O)c2C(=O)C2CCCCC12. The van der Waals surface area contributed by atoms with Crippen LogP contribution >= 0.6 is 0 Å². The van der Waals surface area contributed by atoms with Gasteiger partial charge in [-0.15, -0.1) is 0 Å². The Morgan fingerprint density at radius 1 is 0.833 bits per heavy atom. The quantitative estimate of drug-likeness (QED) is 0.689. The van der Waals surface area contributed by atoms with E-state index in [-0.39, 0.29) is 46.0 Å². The molecule has 4 heteroatoms. The first-order chi connectivity index (χ1) is 8.61. The minimum atomic E-state index is -0.313. The molecule has 0 bridgehead atoms. The highest BCUT2D eigenvalue weighted by Gasteiger charge is 2.44. The van der Waals surface area contributed by atoms with Crippen molar-refractivity contribution in [3.8, 4) is 11.5 Å². The fraction of sp³-hybridized carbons (Fsp3) is 0.429. The van der Waals surface area contributed by atoms with E-state index in [1.807, 2.05) is 0 Å². The molecule has 2 atom stereocenters. The molecule has 0 radical (unpaired) electrons. The zero-order chi connectivity index (χ0) is 12.9. The van der Waals surface area contributed by atoms with Gasteiger partial charge in [-0.25, -0.2) is 0 Å². The van der Waals surface area contributed by atoms with Crippen LogP contribution in [0, 0.1) is 11.8 Å². The van der Waals surface area contributed by atoms with E-state index in [1.54, 1.807) is 0 Å². The third-order valence-electron chi connectivity index (χ3n) is 4.09. The average molecular weight is 246 g/mol. The average Bonchev–Trinajstić information content (AvgIpc) is 2.38. The Hall–Kier alpha value is -1.84. The molecule has 1 aromatic rings. The second-order valence-corrected chi connectivity index (χ2v) is 5.08. The number of Topliss-reactive ketones (excluding diaryl/α,β-unsaturated/α-hetero) is 2. The van der Waals surface area contributed by atoms with Crippen molar-refractivity contribution in [1.29, 1.82) is 0 Å². The molecule has 0 amide bonds. The summed E-state index contributed by atoms with van der Waals surface area (Å²) in [4.78, 5) is 24.7. The van der Waals surface area contributed by atoms with Gasteiger partial charge < -0.3 is 10.2 Å². The summed E-state index contributed by atoms with van der Waals surface area (Å²) in [5.74, 6) is -1.42. The summed E-state index contributed by atoms with van der Waals surface area (Å²) < 4.78 is 0. The molecule has 18 heavy (non-hydrogen) atoms. The number of phenolic OH excluding ortho intramolecular Hbond substituents is 2. The van der Waals surface area contributed by atoms with Crippen molar-refractivity contribution in [2.45, 2.75) is 25.7 Å². The van der Waals surface area contributed by atoms with E-state index >= 15 is 0 Å². The third-order valence-corrected chi connectivity index (χ3v) is 4.09. The van der Waals surface area contributed by atoms with Crippen LogP contribution < -0.4 is 0 Å². The maximum absolute atomic E-state index is 12.3. The Morgan fingerprint density at radius 3 is 1.61 bits per heavy atom. The second-order valence-electron chi connectivity index (χ2n) is 5.08. The number of hydrogen-bond acceptors (Lipinski definition) is 4. The molecule has 0 aliphatic heterocycles. The normalized spacial score (nSPS) is 26.7. The van der Waals surface area contributed by atoms with Gasteiger partial charge in [0, 0.05) is 11.8 Å². The largest absolute Gasteiger partial charge is 0.507 e. The van der Waals surface area contributed by atoms with Crippen LogP contribution in [0.5, 0.6) is 11.5 Å². The van der Waals surface area contributed by atoms with Crippen LogP contribution in [0.25, 0.3) is 0 Å². The first kappa shape index (κ1) is 11.3. The van der Waals surface area contributed by atoms with Crippen molar-refractivity contribution < 1.29 is 19.8 Å². The number of ketones is 2. The number of hydrogen-bond donors (Lipinski definition) is 2. The molecule has 4 nitrogen and oxygen atoms in total. The van der Waals surface area contributed by atoms with Gasteiger partial charge in [0.1, 0.15) is 11.5 Å². The molecule has 0 spiro atoms. The Bertz CT molecular complexity index is 498. The Morgan fingerprint density at radius 2 is 1.22 bits per heavy atom. The number of fused-ring (bicyclic) bond motifs is 2. The molecule has 3 rings (SSSR count). The molecule has 2 unspecified atom stereocenters.